The van der Waals surface area contributed by atoms with E-state index < -0.39 is 11.8 Å². The fourth-order valence-corrected chi connectivity index (χ4v) is 2.59. The van der Waals surface area contributed by atoms with E-state index in [0.717, 1.165) is 31.0 Å². The lowest BCUT2D eigenvalue weighted by Crippen LogP contribution is -2.23. The van der Waals surface area contributed by atoms with Crippen LogP contribution in [0.2, 0.25) is 0 Å². The highest BCUT2D eigenvalue weighted by Gasteiger charge is 2.32. The third-order valence-corrected chi connectivity index (χ3v) is 4.40. The van der Waals surface area contributed by atoms with Crippen LogP contribution >= 0.6 is 0 Å². The summed E-state index contributed by atoms with van der Waals surface area (Å²) in [4.78, 5) is 0. The van der Waals surface area contributed by atoms with E-state index in [1.54, 1.807) is 6.08 Å². The third-order valence-electron chi connectivity index (χ3n) is 4.40. The Morgan fingerprint density at radius 1 is 1.52 bits per heavy atom. The molecule has 1 nitrogen and oxygen atoms in total. The fourth-order valence-electron chi connectivity index (χ4n) is 2.59. The lowest BCUT2D eigenvalue weighted by atomic mass is 9.90. The predicted molar refractivity (Wildman–Crippen MR) is 95.3 cm³/mol. The van der Waals surface area contributed by atoms with Crippen molar-refractivity contribution >= 4 is 0 Å². The van der Waals surface area contributed by atoms with E-state index in [-0.39, 0.29) is 0 Å². The molecule has 0 spiro atoms. The molecule has 1 aliphatic rings. The van der Waals surface area contributed by atoms with Crippen LogP contribution in [0.15, 0.2) is 47.9 Å². The van der Waals surface area contributed by atoms with E-state index in [9.17, 15) is 8.78 Å². The van der Waals surface area contributed by atoms with Crippen molar-refractivity contribution in [3.8, 4) is 0 Å². The van der Waals surface area contributed by atoms with Crippen LogP contribution in [0.1, 0.15) is 59.8 Å². The Morgan fingerprint density at radius 2 is 2.22 bits per heavy atom. The summed E-state index contributed by atoms with van der Waals surface area (Å²) in [5, 5.41) is 3.29. The normalized spacial score (nSPS) is 20.2. The van der Waals surface area contributed by atoms with Crippen LogP contribution in [0.5, 0.6) is 0 Å². The summed E-state index contributed by atoms with van der Waals surface area (Å²) in [6.45, 7) is 11.5. The number of nitrogens with one attached hydrogen (secondary N) is 1. The first kappa shape index (κ1) is 19.7. The van der Waals surface area contributed by atoms with Crippen LogP contribution in [0.3, 0.4) is 0 Å². The molecule has 0 fully saturated rings. The van der Waals surface area contributed by atoms with Crippen LogP contribution < -0.4 is 5.32 Å². The lowest BCUT2D eigenvalue weighted by Gasteiger charge is -2.22. The van der Waals surface area contributed by atoms with Gasteiger partial charge in [-0.15, -0.1) is 0 Å². The maximum Gasteiger partial charge on any atom is 0.251 e. The van der Waals surface area contributed by atoms with E-state index in [1.165, 1.54) is 18.4 Å². The molecule has 2 atom stereocenters. The van der Waals surface area contributed by atoms with Gasteiger partial charge in [-0.2, -0.15) is 0 Å². The fraction of sp³-hybridized carbons (Fsp3) is 0.600. The minimum Gasteiger partial charge on any atom is -0.365 e. The lowest BCUT2D eigenvalue weighted by molar-refractivity contribution is -0.0202. The number of allylic oxidation sites excluding steroid dienone is 6. The first-order valence-corrected chi connectivity index (χ1v) is 8.60. The van der Waals surface area contributed by atoms with Gasteiger partial charge >= 0.3 is 0 Å². The largest absolute Gasteiger partial charge is 0.365 e. The van der Waals surface area contributed by atoms with Gasteiger partial charge in [-0.05, 0) is 50.8 Å². The Labute approximate surface area is 140 Å². The number of halogens is 2. The van der Waals surface area contributed by atoms with Crippen LogP contribution in [0.4, 0.5) is 8.78 Å². The van der Waals surface area contributed by atoms with Crippen molar-refractivity contribution in [1.29, 1.82) is 0 Å². The van der Waals surface area contributed by atoms with E-state index in [0.29, 0.717) is 12.3 Å². The van der Waals surface area contributed by atoms with Crippen molar-refractivity contribution in [2.24, 2.45) is 11.8 Å². The van der Waals surface area contributed by atoms with E-state index in [4.69, 9.17) is 0 Å². The Balaban J connectivity index is 2.45. The third kappa shape index (κ3) is 7.15. The molecule has 0 bridgehead atoms. The summed E-state index contributed by atoms with van der Waals surface area (Å²) in [6.07, 6.45) is 12.1. The molecule has 0 aliphatic heterocycles. The second-order valence-corrected chi connectivity index (χ2v) is 6.82. The van der Waals surface area contributed by atoms with Gasteiger partial charge in [-0.3, -0.25) is 0 Å². The summed E-state index contributed by atoms with van der Waals surface area (Å²) in [7, 11) is 0. The number of rotatable bonds is 9. The minimum atomic E-state index is -2.64. The Hall–Kier alpha value is -1.38. The molecule has 1 N–H and O–H groups in total. The van der Waals surface area contributed by atoms with Gasteiger partial charge in [-0.25, -0.2) is 8.78 Å². The van der Waals surface area contributed by atoms with Gasteiger partial charge in [0.2, 0.25) is 0 Å². The Morgan fingerprint density at radius 3 is 2.74 bits per heavy atom. The Bertz CT molecular complexity index is 480. The zero-order chi connectivity index (χ0) is 17.5. The summed E-state index contributed by atoms with van der Waals surface area (Å²) < 4.78 is 26.5. The summed E-state index contributed by atoms with van der Waals surface area (Å²) in [5.41, 5.74) is 3.31. The summed E-state index contributed by atoms with van der Waals surface area (Å²) >= 11 is 0. The maximum atomic E-state index is 13.3. The minimum absolute atomic E-state index is 0.413. The van der Waals surface area contributed by atoms with Crippen molar-refractivity contribution in [2.45, 2.75) is 65.7 Å². The number of hydrogen-bond donors (Lipinski definition) is 1. The van der Waals surface area contributed by atoms with Crippen molar-refractivity contribution in [3.05, 3.63) is 47.9 Å². The number of unbranched alkanes of at least 4 members (excludes halogenated alkanes) is 1. The molecule has 3 heteroatoms. The molecule has 0 radical (unpaired) electrons. The van der Waals surface area contributed by atoms with E-state index in [1.807, 2.05) is 25.3 Å². The predicted octanol–water partition coefficient (Wildman–Crippen LogP) is 6.37. The van der Waals surface area contributed by atoms with Crippen LogP contribution in [-0.2, 0) is 0 Å². The molecule has 0 aromatic heterocycles. The van der Waals surface area contributed by atoms with Gasteiger partial charge in [0.15, 0.2) is 0 Å². The van der Waals surface area contributed by atoms with Crippen molar-refractivity contribution in [1.82, 2.24) is 5.32 Å². The zero-order valence-electron chi connectivity index (χ0n) is 15.0. The molecule has 0 heterocycles. The molecule has 0 saturated carbocycles. The number of hydrogen-bond acceptors (Lipinski definition) is 1. The van der Waals surface area contributed by atoms with Crippen LogP contribution in [0, 0.1) is 11.8 Å². The van der Waals surface area contributed by atoms with Gasteiger partial charge in [0.05, 0.1) is 0 Å². The highest BCUT2D eigenvalue weighted by Crippen LogP contribution is 2.32. The molecular weight excluding hydrogens is 292 g/mol. The van der Waals surface area contributed by atoms with Crippen molar-refractivity contribution in [3.63, 3.8) is 0 Å². The monoisotopic (exact) mass is 323 g/mol. The summed E-state index contributed by atoms with van der Waals surface area (Å²) in [5.74, 6) is -2.86. The molecule has 0 aromatic rings. The SMILES string of the molecule is C=C(N/C=C(\C)CC1=CCC(C(C)(F)F)C=C1)C(C)CCCC. The second-order valence-electron chi connectivity index (χ2n) is 6.82. The quantitative estimate of drug-likeness (QED) is 0.520. The molecule has 1 aliphatic carbocycles. The smallest absolute Gasteiger partial charge is 0.251 e. The maximum absolute atomic E-state index is 13.3. The zero-order valence-corrected chi connectivity index (χ0v) is 15.0. The van der Waals surface area contributed by atoms with Crippen molar-refractivity contribution in [2.75, 3.05) is 0 Å². The molecule has 2 unspecified atom stereocenters. The van der Waals surface area contributed by atoms with Gasteiger partial charge < -0.3 is 5.32 Å². The highest BCUT2D eigenvalue weighted by molar-refractivity contribution is 5.29. The first-order chi connectivity index (χ1) is 10.7. The average Bonchev–Trinajstić information content (AvgIpc) is 2.49. The standard InChI is InChI=1S/C20H31F2N/c1-6-7-8-16(3)17(4)23-14-15(2)13-18-9-11-19(12-10-18)20(5,21)22/h9-11,14,16,19,23H,4,6-8,12-13H2,1-3,5H3/b15-14+. The van der Waals surface area contributed by atoms with E-state index in [2.05, 4.69) is 25.7 Å². The van der Waals surface area contributed by atoms with E-state index >= 15 is 0 Å². The van der Waals surface area contributed by atoms with Gasteiger partial charge in [0, 0.05) is 11.6 Å². The molecule has 0 saturated heterocycles. The first-order valence-electron chi connectivity index (χ1n) is 8.60. The summed E-state index contributed by atoms with van der Waals surface area (Å²) in [6, 6.07) is 0. The molecule has 0 amide bonds. The molecule has 23 heavy (non-hydrogen) atoms. The topological polar surface area (TPSA) is 12.0 Å². The van der Waals surface area contributed by atoms with Crippen molar-refractivity contribution < 1.29 is 8.78 Å². The van der Waals surface area contributed by atoms with Gasteiger partial charge in [0.1, 0.15) is 0 Å². The van der Waals surface area contributed by atoms with Crippen LogP contribution in [-0.4, -0.2) is 5.92 Å². The number of alkyl halides is 2. The molecule has 1 rings (SSSR count). The van der Waals surface area contributed by atoms with Gasteiger partial charge in [-0.1, -0.05) is 57.1 Å². The highest BCUT2D eigenvalue weighted by atomic mass is 19.3. The molecule has 0 aromatic carbocycles. The molecular formula is C20H31F2N. The Kier molecular flexibility index (Phi) is 7.74. The average molecular weight is 323 g/mol. The molecule has 130 valence electrons. The van der Waals surface area contributed by atoms with Gasteiger partial charge in [0.25, 0.3) is 5.92 Å². The second kappa shape index (κ2) is 9.05. The van der Waals surface area contributed by atoms with Crippen LogP contribution in [0.25, 0.3) is 0 Å².